The van der Waals surface area contributed by atoms with Crippen molar-refractivity contribution in [2.75, 3.05) is 0 Å². The number of hydrogen-bond donors (Lipinski definition) is 1. The lowest BCUT2D eigenvalue weighted by Gasteiger charge is -2.72. The van der Waals surface area contributed by atoms with Gasteiger partial charge in [0.1, 0.15) is 12.4 Å². The second kappa shape index (κ2) is 9.28. The van der Waals surface area contributed by atoms with E-state index in [1.807, 2.05) is 36.4 Å². The molecule has 0 aromatic heterocycles. The highest BCUT2D eigenvalue weighted by molar-refractivity contribution is 5.85. The van der Waals surface area contributed by atoms with Crippen molar-refractivity contribution in [1.29, 1.82) is 0 Å². The van der Waals surface area contributed by atoms with Crippen LogP contribution >= 0.6 is 0 Å². The number of fused-ring (bicyclic) bond motifs is 7. The summed E-state index contributed by atoms with van der Waals surface area (Å²) in [5.41, 5.74) is 0.136. The van der Waals surface area contributed by atoms with Crippen LogP contribution in [0.2, 0.25) is 0 Å². The third kappa shape index (κ3) is 4.01. The van der Waals surface area contributed by atoms with Gasteiger partial charge in [0.05, 0.1) is 11.5 Å². The van der Waals surface area contributed by atoms with Crippen LogP contribution in [0.4, 0.5) is 0 Å². The first kappa shape index (κ1) is 29.1. The van der Waals surface area contributed by atoms with Crippen LogP contribution in [-0.4, -0.2) is 23.0 Å². The molecule has 0 radical (unpaired) electrons. The molecule has 0 amide bonds. The largest absolute Gasteiger partial charge is 0.460 e. The molecule has 0 saturated heterocycles. The Kier molecular flexibility index (Phi) is 6.60. The molecule has 0 spiro atoms. The average molecular weight is 561 g/mol. The standard InChI is InChI=1S/C37H52O4/c1-32(2)27-13-16-36(6)28(35(27,5)15-14-29(32)39)21-26(38)30-25-22-34(4,18-17-33(25,3)19-20-37(30,36)7)31(40)41-23-24-11-9-8-10-12-24/h8-12,14-15,25,27-30,39H,13,16-23H2,1-7H3/t25-,27-,28+,29?,30-,33+,34-,35-,36+,37+/m0/s1. The van der Waals surface area contributed by atoms with Gasteiger partial charge in [-0.25, -0.2) is 0 Å². The number of allylic oxidation sites excluding steroid dienone is 1. The summed E-state index contributed by atoms with van der Waals surface area (Å²) in [6.07, 6.45) is 11.4. The van der Waals surface area contributed by atoms with E-state index >= 15 is 0 Å². The number of ether oxygens (including phenoxy) is 1. The number of Topliss-reactive ketones (excluding diaryl/α,β-unsaturated/α-hetero) is 1. The maximum absolute atomic E-state index is 14.6. The number of benzene rings is 1. The lowest BCUT2D eigenvalue weighted by molar-refractivity contribution is -0.226. The fourth-order valence-electron chi connectivity index (χ4n) is 11.3. The van der Waals surface area contributed by atoms with E-state index in [0.717, 1.165) is 50.5 Å². The predicted octanol–water partition coefficient (Wildman–Crippen LogP) is 7.93. The highest BCUT2D eigenvalue weighted by Gasteiger charge is 2.71. The number of carbonyl (C=O) groups is 2. The molecule has 10 atom stereocenters. The van der Waals surface area contributed by atoms with Crippen molar-refractivity contribution in [2.24, 2.45) is 56.2 Å². The third-order valence-electron chi connectivity index (χ3n) is 14.4. The minimum Gasteiger partial charge on any atom is -0.460 e. The molecule has 0 bridgehead atoms. The van der Waals surface area contributed by atoms with Crippen LogP contribution < -0.4 is 0 Å². The molecule has 1 N–H and O–H groups in total. The van der Waals surface area contributed by atoms with E-state index in [-0.39, 0.29) is 50.8 Å². The normalized spacial score (nSPS) is 48.3. The lowest BCUT2D eigenvalue weighted by atomic mass is 9.32. The molecule has 0 heterocycles. The molecular formula is C37H52O4. The zero-order chi connectivity index (χ0) is 29.6. The molecule has 1 unspecified atom stereocenters. The quantitative estimate of drug-likeness (QED) is 0.301. The average Bonchev–Trinajstić information content (AvgIpc) is 2.92. The SMILES string of the molecule is CC1(C)C(O)C=C[C@]2(C)[C@H]3CC(=O)[C@@H]4[C@@H]5C[C@@](C)(C(=O)OCc6ccccc6)CC[C@]5(C)CC[C@@]4(C)[C@]3(C)CC[C@@H]12. The lowest BCUT2D eigenvalue weighted by Crippen LogP contribution is -2.68. The molecular weight excluding hydrogens is 508 g/mol. The topological polar surface area (TPSA) is 63.6 Å². The van der Waals surface area contributed by atoms with Crippen LogP contribution in [0.3, 0.4) is 0 Å². The van der Waals surface area contributed by atoms with E-state index in [0.29, 0.717) is 24.7 Å². The summed E-state index contributed by atoms with van der Waals surface area (Å²) in [5.74, 6) is 1.11. The number of aliphatic hydroxyl groups is 1. The predicted molar refractivity (Wildman–Crippen MR) is 162 cm³/mol. The highest BCUT2D eigenvalue weighted by atomic mass is 16.5. The number of esters is 1. The van der Waals surface area contributed by atoms with Gasteiger partial charge in [-0.05, 0) is 102 Å². The summed E-state index contributed by atoms with van der Waals surface area (Å²) >= 11 is 0. The van der Waals surface area contributed by atoms with Gasteiger partial charge in [-0.1, -0.05) is 84.0 Å². The van der Waals surface area contributed by atoms with Crippen molar-refractivity contribution in [2.45, 2.75) is 113 Å². The first-order valence-corrected chi connectivity index (χ1v) is 16.2. The maximum Gasteiger partial charge on any atom is 0.312 e. The van der Waals surface area contributed by atoms with Crippen molar-refractivity contribution in [3.63, 3.8) is 0 Å². The number of hydrogen-bond acceptors (Lipinski definition) is 4. The molecule has 4 nitrogen and oxygen atoms in total. The summed E-state index contributed by atoms with van der Waals surface area (Å²) < 4.78 is 5.93. The summed E-state index contributed by atoms with van der Waals surface area (Å²) in [5, 5.41) is 10.9. The Labute approximate surface area is 247 Å². The molecule has 1 aromatic rings. The first-order valence-electron chi connectivity index (χ1n) is 16.2. The fourth-order valence-corrected chi connectivity index (χ4v) is 11.3. The van der Waals surface area contributed by atoms with Crippen molar-refractivity contribution in [3.05, 3.63) is 48.0 Å². The van der Waals surface area contributed by atoms with Gasteiger partial charge in [0, 0.05) is 12.3 Å². The number of ketones is 1. The van der Waals surface area contributed by atoms with E-state index in [2.05, 4.69) is 54.5 Å². The van der Waals surface area contributed by atoms with E-state index < -0.39 is 11.5 Å². The van der Waals surface area contributed by atoms with Crippen molar-refractivity contribution >= 4 is 11.8 Å². The molecule has 5 aliphatic carbocycles. The van der Waals surface area contributed by atoms with Gasteiger partial charge < -0.3 is 9.84 Å². The summed E-state index contributed by atoms with van der Waals surface area (Å²) in [4.78, 5) is 28.2. The van der Waals surface area contributed by atoms with Gasteiger partial charge in [0.2, 0.25) is 0 Å². The van der Waals surface area contributed by atoms with Gasteiger partial charge in [0.15, 0.2) is 0 Å². The van der Waals surface area contributed by atoms with E-state index in [1.165, 1.54) is 0 Å². The van der Waals surface area contributed by atoms with Crippen LogP contribution in [0.15, 0.2) is 42.5 Å². The van der Waals surface area contributed by atoms with E-state index in [9.17, 15) is 14.7 Å². The van der Waals surface area contributed by atoms with Crippen molar-refractivity contribution < 1.29 is 19.4 Å². The molecule has 41 heavy (non-hydrogen) atoms. The van der Waals surface area contributed by atoms with Gasteiger partial charge in [-0.2, -0.15) is 0 Å². The van der Waals surface area contributed by atoms with E-state index in [1.54, 1.807) is 0 Å². The van der Waals surface area contributed by atoms with Gasteiger partial charge in [-0.15, -0.1) is 0 Å². The van der Waals surface area contributed by atoms with Gasteiger partial charge in [-0.3, -0.25) is 9.59 Å². The number of aliphatic hydroxyl groups excluding tert-OH is 1. The van der Waals surface area contributed by atoms with E-state index in [4.69, 9.17) is 4.74 Å². The summed E-state index contributed by atoms with van der Waals surface area (Å²) in [6.45, 7) is 16.6. The second-order valence-corrected chi connectivity index (χ2v) is 16.7. The van der Waals surface area contributed by atoms with Crippen LogP contribution in [0.5, 0.6) is 0 Å². The Morgan fingerprint density at radius 1 is 0.902 bits per heavy atom. The summed E-state index contributed by atoms with van der Waals surface area (Å²) in [7, 11) is 0. The fraction of sp³-hybridized carbons (Fsp3) is 0.730. The van der Waals surface area contributed by atoms with Crippen LogP contribution in [-0.2, 0) is 20.9 Å². The minimum atomic E-state index is -0.564. The number of rotatable bonds is 3. The monoisotopic (exact) mass is 560 g/mol. The van der Waals surface area contributed by atoms with Crippen molar-refractivity contribution in [1.82, 2.24) is 0 Å². The number of carbonyl (C=O) groups excluding carboxylic acids is 2. The zero-order valence-electron chi connectivity index (χ0n) is 26.5. The smallest absolute Gasteiger partial charge is 0.312 e. The highest BCUT2D eigenvalue weighted by Crippen LogP contribution is 2.75. The molecule has 4 heteroatoms. The molecule has 4 saturated carbocycles. The molecule has 4 fully saturated rings. The zero-order valence-corrected chi connectivity index (χ0v) is 26.5. The minimum absolute atomic E-state index is 0.0182. The van der Waals surface area contributed by atoms with Crippen LogP contribution in [0.25, 0.3) is 0 Å². The van der Waals surface area contributed by atoms with Crippen LogP contribution in [0.1, 0.15) is 105 Å². The Morgan fingerprint density at radius 3 is 2.29 bits per heavy atom. The first-order chi connectivity index (χ1) is 19.1. The Hall–Kier alpha value is -1.94. The van der Waals surface area contributed by atoms with Gasteiger partial charge in [0.25, 0.3) is 0 Å². The van der Waals surface area contributed by atoms with Gasteiger partial charge >= 0.3 is 5.97 Å². The molecule has 5 aliphatic rings. The molecule has 6 rings (SSSR count). The third-order valence-corrected chi connectivity index (χ3v) is 14.4. The molecule has 224 valence electrons. The second-order valence-electron chi connectivity index (χ2n) is 16.7. The summed E-state index contributed by atoms with van der Waals surface area (Å²) in [6, 6.07) is 9.92. The molecule has 1 aromatic carbocycles. The Balaban J connectivity index is 1.31. The Bertz CT molecular complexity index is 1250. The Morgan fingerprint density at radius 2 is 1.59 bits per heavy atom. The van der Waals surface area contributed by atoms with Crippen molar-refractivity contribution in [3.8, 4) is 0 Å². The maximum atomic E-state index is 14.6. The van der Waals surface area contributed by atoms with Crippen LogP contribution in [0, 0.1) is 56.2 Å². The molecule has 0 aliphatic heterocycles.